The van der Waals surface area contributed by atoms with Gasteiger partial charge in [-0.1, -0.05) is 18.2 Å². The molecule has 1 aliphatic heterocycles. The van der Waals surface area contributed by atoms with Gasteiger partial charge in [0.2, 0.25) is 5.91 Å². The molecule has 1 heterocycles. The highest BCUT2D eigenvalue weighted by Gasteiger charge is 2.23. The number of carbonyl (C=O) groups is 1. The fraction of sp³-hybridized carbons (Fsp3) is 0.588. The predicted octanol–water partition coefficient (Wildman–Crippen LogP) is 2.96. The molecule has 138 valence electrons. The standard InChI is InChI=1S/C17H27N3OS.2ClH/c1-14-6-3-4-7-16(14)19-9-5-10-20(12-11-19)17(21)15(18)8-13-22-2;;/h3-4,6-7,15H,5,8-13,18H2,1-2H3;2*1H/t15-;;/m0../s1. The van der Waals surface area contributed by atoms with Crippen LogP contribution in [0.5, 0.6) is 0 Å². The Morgan fingerprint density at radius 2 is 1.92 bits per heavy atom. The molecule has 4 nitrogen and oxygen atoms in total. The number of anilines is 1. The van der Waals surface area contributed by atoms with E-state index in [2.05, 4.69) is 36.1 Å². The molecule has 1 atom stereocenters. The number of halogens is 2. The van der Waals surface area contributed by atoms with Gasteiger partial charge in [-0.2, -0.15) is 11.8 Å². The molecule has 0 aliphatic carbocycles. The van der Waals surface area contributed by atoms with Gasteiger partial charge in [0.25, 0.3) is 0 Å². The Balaban J connectivity index is 0.00000264. The fourth-order valence-corrected chi connectivity index (χ4v) is 3.39. The zero-order valence-electron chi connectivity index (χ0n) is 14.4. The number of rotatable bonds is 5. The Morgan fingerprint density at radius 3 is 2.58 bits per heavy atom. The maximum atomic E-state index is 12.4. The Labute approximate surface area is 162 Å². The minimum atomic E-state index is -0.350. The zero-order valence-corrected chi connectivity index (χ0v) is 16.9. The van der Waals surface area contributed by atoms with Gasteiger partial charge in [-0.05, 0) is 43.4 Å². The average molecular weight is 394 g/mol. The van der Waals surface area contributed by atoms with Crippen LogP contribution in [0.3, 0.4) is 0 Å². The van der Waals surface area contributed by atoms with Crippen molar-refractivity contribution in [2.24, 2.45) is 5.73 Å². The Bertz CT molecular complexity index is 504. The van der Waals surface area contributed by atoms with E-state index in [0.717, 1.165) is 44.8 Å². The van der Waals surface area contributed by atoms with Crippen LogP contribution in [0.25, 0.3) is 0 Å². The topological polar surface area (TPSA) is 49.6 Å². The lowest BCUT2D eigenvalue weighted by molar-refractivity contribution is -0.132. The van der Waals surface area contributed by atoms with Crippen LogP contribution in [0.15, 0.2) is 24.3 Å². The average Bonchev–Trinajstić information content (AvgIpc) is 2.78. The Kier molecular flexibility index (Phi) is 11.5. The number of para-hydroxylation sites is 1. The molecular weight excluding hydrogens is 365 g/mol. The summed E-state index contributed by atoms with van der Waals surface area (Å²) in [5, 5.41) is 0. The molecule has 2 rings (SSSR count). The van der Waals surface area contributed by atoms with Crippen molar-refractivity contribution >= 4 is 48.2 Å². The maximum Gasteiger partial charge on any atom is 0.239 e. The smallest absolute Gasteiger partial charge is 0.239 e. The summed E-state index contributed by atoms with van der Waals surface area (Å²) in [6.45, 7) is 5.59. The van der Waals surface area contributed by atoms with E-state index in [1.54, 1.807) is 11.8 Å². The molecule has 0 saturated carbocycles. The van der Waals surface area contributed by atoms with Crippen LogP contribution in [-0.4, -0.2) is 55.0 Å². The summed E-state index contributed by atoms with van der Waals surface area (Å²) in [4.78, 5) is 16.8. The molecule has 0 radical (unpaired) electrons. The lowest BCUT2D eigenvalue weighted by atomic mass is 10.2. The number of nitrogens with zero attached hydrogens (tertiary/aromatic N) is 2. The van der Waals surface area contributed by atoms with Crippen molar-refractivity contribution in [3.8, 4) is 0 Å². The second-order valence-electron chi connectivity index (χ2n) is 5.84. The van der Waals surface area contributed by atoms with E-state index in [0.29, 0.717) is 0 Å². The number of hydrogen-bond acceptors (Lipinski definition) is 4. The molecule has 1 amide bonds. The summed E-state index contributed by atoms with van der Waals surface area (Å²) in [5.74, 6) is 1.05. The second kappa shape index (κ2) is 11.9. The molecule has 2 N–H and O–H groups in total. The van der Waals surface area contributed by atoms with Gasteiger partial charge in [-0.15, -0.1) is 24.8 Å². The SMILES string of the molecule is CSCC[C@H](N)C(=O)N1CCCN(c2ccccc2C)CC1.Cl.Cl. The number of aryl methyl sites for hydroxylation is 1. The number of benzene rings is 1. The van der Waals surface area contributed by atoms with Crippen molar-refractivity contribution in [3.05, 3.63) is 29.8 Å². The van der Waals surface area contributed by atoms with Gasteiger partial charge in [-0.25, -0.2) is 0 Å². The molecule has 7 heteroatoms. The third-order valence-corrected chi connectivity index (χ3v) is 4.86. The molecule has 1 aromatic carbocycles. The van der Waals surface area contributed by atoms with Gasteiger partial charge < -0.3 is 15.5 Å². The van der Waals surface area contributed by atoms with Crippen LogP contribution in [0.2, 0.25) is 0 Å². The minimum Gasteiger partial charge on any atom is -0.369 e. The maximum absolute atomic E-state index is 12.4. The monoisotopic (exact) mass is 393 g/mol. The lowest BCUT2D eigenvalue weighted by Crippen LogP contribution is -2.45. The number of amides is 1. The summed E-state index contributed by atoms with van der Waals surface area (Å²) in [5.41, 5.74) is 8.61. The summed E-state index contributed by atoms with van der Waals surface area (Å²) >= 11 is 1.74. The van der Waals surface area contributed by atoms with Crippen LogP contribution in [-0.2, 0) is 4.79 Å². The van der Waals surface area contributed by atoms with Gasteiger partial charge in [0.05, 0.1) is 6.04 Å². The molecule has 0 spiro atoms. The Hall–Kier alpha value is -0.620. The molecule has 1 saturated heterocycles. The molecule has 1 aliphatic rings. The summed E-state index contributed by atoms with van der Waals surface area (Å²) in [6, 6.07) is 8.10. The second-order valence-corrected chi connectivity index (χ2v) is 6.83. The molecule has 0 aromatic heterocycles. The van der Waals surface area contributed by atoms with Crippen molar-refractivity contribution < 1.29 is 4.79 Å². The summed E-state index contributed by atoms with van der Waals surface area (Å²) < 4.78 is 0. The molecule has 1 aromatic rings. The van der Waals surface area contributed by atoms with Crippen molar-refractivity contribution in [3.63, 3.8) is 0 Å². The van der Waals surface area contributed by atoms with Crippen LogP contribution < -0.4 is 10.6 Å². The minimum absolute atomic E-state index is 0. The van der Waals surface area contributed by atoms with Crippen LogP contribution in [0.4, 0.5) is 5.69 Å². The Morgan fingerprint density at radius 1 is 1.21 bits per heavy atom. The molecule has 0 bridgehead atoms. The largest absolute Gasteiger partial charge is 0.369 e. The first-order valence-electron chi connectivity index (χ1n) is 7.97. The summed E-state index contributed by atoms with van der Waals surface area (Å²) in [6.07, 6.45) is 3.80. The van der Waals surface area contributed by atoms with E-state index in [-0.39, 0.29) is 36.8 Å². The molecular formula is C17H29Cl2N3OS. The van der Waals surface area contributed by atoms with Crippen LogP contribution >= 0.6 is 36.6 Å². The van der Waals surface area contributed by atoms with Crippen molar-refractivity contribution in [2.75, 3.05) is 43.1 Å². The number of thioether (sulfide) groups is 1. The normalized spacial score (nSPS) is 15.8. The van der Waals surface area contributed by atoms with E-state index in [1.165, 1.54) is 11.3 Å². The fourth-order valence-electron chi connectivity index (χ4n) is 2.90. The van der Waals surface area contributed by atoms with Crippen molar-refractivity contribution in [1.82, 2.24) is 4.90 Å². The highest BCUT2D eigenvalue weighted by molar-refractivity contribution is 7.98. The van der Waals surface area contributed by atoms with E-state index in [4.69, 9.17) is 5.73 Å². The molecule has 24 heavy (non-hydrogen) atoms. The molecule has 0 unspecified atom stereocenters. The van der Waals surface area contributed by atoms with Gasteiger partial charge in [0.1, 0.15) is 0 Å². The van der Waals surface area contributed by atoms with Gasteiger partial charge in [-0.3, -0.25) is 4.79 Å². The molecule has 1 fully saturated rings. The highest BCUT2D eigenvalue weighted by atomic mass is 35.5. The lowest BCUT2D eigenvalue weighted by Gasteiger charge is -2.26. The van der Waals surface area contributed by atoms with E-state index in [1.807, 2.05) is 11.2 Å². The first kappa shape index (κ1) is 23.4. The van der Waals surface area contributed by atoms with Gasteiger partial charge >= 0.3 is 0 Å². The third-order valence-electron chi connectivity index (χ3n) is 4.21. The van der Waals surface area contributed by atoms with E-state index in [9.17, 15) is 4.79 Å². The first-order chi connectivity index (χ1) is 10.6. The third kappa shape index (κ3) is 6.36. The van der Waals surface area contributed by atoms with Gasteiger partial charge in [0.15, 0.2) is 0 Å². The first-order valence-corrected chi connectivity index (χ1v) is 9.36. The van der Waals surface area contributed by atoms with Crippen molar-refractivity contribution in [2.45, 2.75) is 25.8 Å². The predicted molar refractivity (Wildman–Crippen MR) is 110 cm³/mol. The summed E-state index contributed by atoms with van der Waals surface area (Å²) in [7, 11) is 0. The number of carbonyl (C=O) groups excluding carboxylic acids is 1. The zero-order chi connectivity index (χ0) is 15.9. The highest BCUT2D eigenvalue weighted by Crippen LogP contribution is 2.21. The number of nitrogens with two attached hydrogens (primary N) is 1. The number of hydrogen-bond donors (Lipinski definition) is 1. The van der Waals surface area contributed by atoms with Gasteiger partial charge in [0, 0.05) is 31.9 Å². The van der Waals surface area contributed by atoms with E-state index < -0.39 is 0 Å². The van der Waals surface area contributed by atoms with Crippen LogP contribution in [0, 0.1) is 6.92 Å². The van der Waals surface area contributed by atoms with Crippen LogP contribution in [0.1, 0.15) is 18.4 Å². The van der Waals surface area contributed by atoms with Crippen molar-refractivity contribution in [1.29, 1.82) is 0 Å². The quantitative estimate of drug-likeness (QED) is 0.834. The van der Waals surface area contributed by atoms with E-state index >= 15 is 0 Å².